The van der Waals surface area contributed by atoms with E-state index in [0.29, 0.717) is 22.1 Å². The van der Waals surface area contributed by atoms with Crippen LogP contribution in [-0.4, -0.2) is 41.3 Å². The Morgan fingerprint density at radius 1 is 1.27 bits per heavy atom. The zero-order valence-electron chi connectivity index (χ0n) is 16.7. The lowest BCUT2D eigenvalue weighted by Gasteiger charge is -2.11. The summed E-state index contributed by atoms with van der Waals surface area (Å²) in [7, 11) is 3.89. The molecule has 1 aliphatic heterocycles. The molecular weight excluding hydrogens is 406 g/mol. The van der Waals surface area contributed by atoms with Crippen LogP contribution in [0.2, 0.25) is 0 Å². The smallest absolute Gasteiger partial charge is 0.271 e. The number of aryl methyl sites for hydroxylation is 1. The molecule has 30 heavy (non-hydrogen) atoms. The van der Waals surface area contributed by atoms with Crippen molar-refractivity contribution in [3.8, 4) is 0 Å². The molecule has 2 amide bonds. The van der Waals surface area contributed by atoms with E-state index in [4.69, 9.17) is 0 Å². The Bertz CT molecular complexity index is 1020. The highest BCUT2D eigenvalue weighted by Gasteiger charge is 2.32. The van der Waals surface area contributed by atoms with Gasteiger partial charge in [0.05, 0.1) is 16.3 Å². The van der Waals surface area contributed by atoms with E-state index in [1.165, 1.54) is 23.9 Å². The van der Waals surface area contributed by atoms with Crippen LogP contribution >= 0.6 is 11.8 Å². The highest BCUT2D eigenvalue weighted by molar-refractivity contribution is 8.15. The second-order valence-corrected chi connectivity index (χ2v) is 8.12. The second-order valence-electron chi connectivity index (χ2n) is 6.93. The van der Waals surface area contributed by atoms with Crippen LogP contribution < -0.4 is 15.5 Å². The van der Waals surface area contributed by atoms with Gasteiger partial charge in [0.1, 0.15) is 5.25 Å². The number of hydrogen-bond acceptors (Lipinski definition) is 7. The van der Waals surface area contributed by atoms with Crippen LogP contribution in [0.1, 0.15) is 12.0 Å². The van der Waals surface area contributed by atoms with Gasteiger partial charge in [0.15, 0.2) is 5.17 Å². The number of nitrogens with one attached hydrogen (secondary N) is 2. The highest BCUT2D eigenvalue weighted by Crippen LogP contribution is 2.27. The third kappa shape index (κ3) is 5.15. The maximum atomic E-state index is 12.4. The number of carbonyl (C=O) groups is 2. The van der Waals surface area contributed by atoms with Crippen LogP contribution in [0.3, 0.4) is 0 Å². The number of rotatable bonds is 6. The predicted octanol–water partition coefficient (Wildman–Crippen LogP) is 3.22. The van der Waals surface area contributed by atoms with Gasteiger partial charge in [-0.1, -0.05) is 17.8 Å². The molecule has 1 heterocycles. The van der Waals surface area contributed by atoms with Crippen LogP contribution in [0.25, 0.3) is 0 Å². The fourth-order valence-corrected chi connectivity index (χ4v) is 3.75. The molecule has 1 aliphatic rings. The molecule has 2 N–H and O–H groups in total. The van der Waals surface area contributed by atoms with Crippen LogP contribution in [0, 0.1) is 17.0 Å². The molecule has 2 aromatic rings. The molecule has 1 atom stereocenters. The fourth-order valence-electron chi connectivity index (χ4n) is 2.76. The van der Waals surface area contributed by atoms with Crippen molar-refractivity contribution >= 4 is 51.5 Å². The van der Waals surface area contributed by atoms with Gasteiger partial charge in [0.25, 0.3) is 5.69 Å². The van der Waals surface area contributed by atoms with Crippen molar-refractivity contribution in [2.24, 2.45) is 4.99 Å². The zero-order chi connectivity index (χ0) is 21.8. The highest BCUT2D eigenvalue weighted by atomic mass is 32.2. The van der Waals surface area contributed by atoms with Gasteiger partial charge in [-0.05, 0) is 36.8 Å². The summed E-state index contributed by atoms with van der Waals surface area (Å²) in [4.78, 5) is 41.4. The van der Waals surface area contributed by atoms with Crippen molar-refractivity contribution in [2.45, 2.75) is 18.6 Å². The van der Waals surface area contributed by atoms with Gasteiger partial charge < -0.3 is 15.5 Å². The number of nitro benzene ring substituents is 1. The molecule has 10 heteroatoms. The van der Waals surface area contributed by atoms with Crippen molar-refractivity contribution in [1.82, 2.24) is 5.32 Å². The van der Waals surface area contributed by atoms with E-state index in [9.17, 15) is 19.7 Å². The van der Waals surface area contributed by atoms with Gasteiger partial charge in [0, 0.05) is 38.3 Å². The first-order valence-electron chi connectivity index (χ1n) is 9.11. The normalized spacial score (nSPS) is 17.0. The van der Waals surface area contributed by atoms with Crippen molar-refractivity contribution in [3.05, 3.63) is 58.1 Å². The minimum absolute atomic E-state index is 0.0722. The number of amidine groups is 1. The Kier molecular flexibility index (Phi) is 6.36. The molecule has 9 nitrogen and oxygen atoms in total. The minimum Gasteiger partial charge on any atom is -0.378 e. The third-order valence-corrected chi connectivity index (χ3v) is 5.53. The second kappa shape index (κ2) is 8.95. The average molecular weight is 427 g/mol. The number of amides is 2. The van der Waals surface area contributed by atoms with E-state index in [1.54, 1.807) is 13.0 Å². The minimum atomic E-state index is -0.621. The lowest BCUT2D eigenvalue weighted by Crippen LogP contribution is -2.28. The third-order valence-electron chi connectivity index (χ3n) is 4.45. The summed E-state index contributed by atoms with van der Waals surface area (Å²) >= 11 is 1.19. The number of benzene rings is 2. The van der Waals surface area contributed by atoms with Crippen LogP contribution in [-0.2, 0) is 9.59 Å². The number of aliphatic imine (C=N–C) groups is 1. The first kappa shape index (κ1) is 21.3. The van der Waals surface area contributed by atoms with Crippen molar-refractivity contribution in [1.29, 1.82) is 0 Å². The van der Waals surface area contributed by atoms with E-state index < -0.39 is 16.1 Å². The summed E-state index contributed by atoms with van der Waals surface area (Å²) in [6.45, 7) is 1.74. The summed E-state index contributed by atoms with van der Waals surface area (Å²) in [5, 5.41) is 16.1. The summed E-state index contributed by atoms with van der Waals surface area (Å²) in [6, 6.07) is 11.8. The Labute approximate surface area is 177 Å². The fraction of sp³-hybridized carbons (Fsp3) is 0.250. The van der Waals surface area contributed by atoms with Crippen molar-refractivity contribution in [2.75, 3.05) is 24.3 Å². The van der Waals surface area contributed by atoms with Gasteiger partial charge in [-0.2, -0.15) is 0 Å². The molecule has 0 aromatic heterocycles. The Morgan fingerprint density at radius 3 is 2.60 bits per heavy atom. The lowest BCUT2D eigenvalue weighted by molar-refractivity contribution is -0.384. The average Bonchev–Trinajstić information content (AvgIpc) is 3.02. The number of carbonyl (C=O) groups excluding carboxylic acids is 2. The number of anilines is 2. The molecule has 1 unspecified atom stereocenters. The monoisotopic (exact) mass is 427 g/mol. The predicted molar refractivity (Wildman–Crippen MR) is 118 cm³/mol. The summed E-state index contributed by atoms with van der Waals surface area (Å²) < 4.78 is 0. The van der Waals surface area contributed by atoms with Crippen LogP contribution in [0.15, 0.2) is 47.5 Å². The maximum absolute atomic E-state index is 12.4. The van der Waals surface area contributed by atoms with Gasteiger partial charge in [-0.15, -0.1) is 0 Å². The maximum Gasteiger partial charge on any atom is 0.271 e. The number of hydrogen-bond donors (Lipinski definition) is 2. The Morgan fingerprint density at radius 2 is 1.97 bits per heavy atom. The largest absolute Gasteiger partial charge is 0.378 e. The first-order valence-corrected chi connectivity index (χ1v) is 9.99. The first-order chi connectivity index (χ1) is 14.2. The topological polar surface area (TPSA) is 117 Å². The van der Waals surface area contributed by atoms with Crippen LogP contribution in [0.4, 0.5) is 22.7 Å². The van der Waals surface area contributed by atoms with Crippen LogP contribution in [0.5, 0.6) is 0 Å². The molecule has 0 radical (unpaired) electrons. The molecule has 156 valence electrons. The Hall–Kier alpha value is -3.40. The van der Waals surface area contributed by atoms with Gasteiger partial charge in [0.2, 0.25) is 11.8 Å². The van der Waals surface area contributed by atoms with E-state index in [1.807, 2.05) is 43.3 Å². The standard InChI is InChI=1S/C20H21N5O4S/c1-12-4-7-15(25(28)29)10-16(12)22-18(26)11-17-19(27)23-20(30-17)21-13-5-8-14(9-6-13)24(2)3/h4-10,17H,11H2,1-3H3,(H,22,26)(H,21,23,27). The summed E-state index contributed by atoms with van der Waals surface area (Å²) in [6.07, 6.45) is -0.0722. The Balaban J connectivity index is 1.63. The zero-order valence-corrected chi connectivity index (χ0v) is 17.5. The van der Waals surface area contributed by atoms with E-state index in [2.05, 4.69) is 15.6 Å². The van der Waals surface area contributed by atoms with Gasteiger partial charge in [-0.3, -0.25) is 19.7 Å². The molecule has 1 saturated heterocycles. The van der Waals surface area contributed by atoms with Crippen molar-refractivity contribution < 1.29 is 14.5 Å². The molecule has 0 saturated carbocycles. The van der Waals surface area contributed by atoms with Gasteiger partial charge in [-0.25, -0.2) is 4.99 Å². The SMILES string of the molecule is Cc1ccc([N+](=O)[O-])cc1NC(=O)CC1SC(=Nc2ccc(N(C)C)cc2)NC1=O. The van der Waals surface area contributed by atoms with Crippen molar-refractivity contribution in [3.63, 3.8) is 0 Å². The lowest BCUT2D eigenvalue weighted by atomic mass is 10.1. The number of non-ortho nitro benzene ring substituents is 1. The molecular formula is C20H21N5O4S. The molecule has 1 fully saturated rings. The quantitative estimate of drug-likeness (QED) is 0.540. The van der Waals surface area contributed by atoms with Gasteiger partial charge >= 0.3 is 0 Å². The number of thioether (sulfide) groups is 1. The summed E-state index contributed by atoms with van der Waals surface area (Å²) in [5.41, 5.74) is 2.67. The van der Waals surface area contributed by atoms with E-state index in [-0.39, 0.29) is 18.0 Å². The molecule has 0 aliphatic carbocycles. The number of nitrogens with zero attached hydrogens (tertiary/aromatic N) is 3. The molecule has 0 bridgehead atoms. The van der Waals surface area contributed by atoms with E-state index >= 15 is 0 Å². The molecule has 3 rings (SSSR count). The number of nitro groups is 1. The summed E-state index contributed by atoms with van der Waals surface area (Å²) in [5.74, 6) is -0.697. The molecule has 2 aromatic carbocycles. The molecule has 0 spiro atoms. The van der Waals surface area contributed by atoms with E-state index in [0.717, 1.165) is 5.69 Å².